The number of benzene rings is 2. The Morgan fingerprint density at radius 2 is 1.37 bits per heavy atom. The molecule has 138 valence electrons. The Morgan fingerprint density at radius 3 is 1.96 bits per heavy atom. The van der Waals surface area contributed by atoms with Crippen molar-refractivity contribution < 1.29 is 0 Å². The molecule has 3 rings (SSSR count). The van der Waals surface area contributed by atoms with Crippen LogP contribution in [0.3, 0.4) is 0 Å². The first kappa shape index (κ1) is 19.1. The van der Waals surface area contributed by atoms with E-state index in [4.69, 9.17) is 12.2 Å². The molecule has 0 fully saturated rings. The third kappa shape index (κ3) is 5.63. The van der Waals surface area contributed by atoms with Gasteiger partial charge in [0.25, 0.3) is 0 Å². The molecule has 1 N–H and O–H groups in total. The summed E-state index contributed by atoms with van der Waals surface area (Å²) in [5.41, 5.74) is 7.15. The van der Waals surface area contributed by atoms with Crippen LogP contribution >= 0.6 is 12.2 Å². The second-order valence-corrected chi connectivity index (χ2v) is 7.39. The van der Waals surface area contributed by atoms with Crippen LogP contribution in [0.15, 0.2) is 67.0 Å². The predicted octanol–water partition coefficient (Wildman–Crippen LogP) is 5.41. The number of anilines is 1. The number of thiocarbonyl (C=S) groups is 1. The number of hydrogen-bond donors (Lipinski definition) is 1. The van der Waals surface area contributed by atoms with Crippen molar-refractivity contribution in [2.45, 2.75) is 33.9 Å². The van der Waals surface area contributed by atoms with Crippen molar-refractivity contribution in [3.05, 3.63) is 94.8 Å². The number of nitrogens with one attached hydrogen (secondary N) is 1. The average Bonchev–Trinajstić information content (AvgIpc) is 2.63. The van der Waals surface area contributed by atoms with E-state index in [1.165, 1.54) is 27.8 Å². The van der Waals surface area contributed by atoms with Gasteiger partial charge in [0, 0.05) is 31.2 Å². The second-order valence-electron chi connectivity index (χ2n) is 7.00. The molecule has 0 aliphatic heterocycles. The van der Waals surface area contributed by atoms with Gasteiger partial charge >= 0.3 is 0 Å². The van der Waals surface area contributed by atoms with Gasteiger partial charge in [-0.25, -0.2) is 0 Å². The van der Waals surface area contributed by atoms with Crippen LogP contribution in [0.1, 0.15) is 27.8 Å². The zero-order chi connectivity index (χ0) is 19.2. The lowest BCUT2D eigenvalue weighted by Gasteiger charge is -2.26. The second kappa shape index (κ2) is 8.78. The Morgan fingerprint density at radius 1 is 0.815 bits per heavy atom. The molecule has 0 atom stereocenters. The standard InChI is InChI=1S/C23H25N3S/c1-17-4-6-20(7-5-17)15-26(16-21-8-10-24-11-9-21)23(27)25-22-13-18(2)12-19(3)14-22/h4-14H,15-16H2,1-3H3,(H,25,27). The summed E-state index contributed by atoms with van der Waals surface area (Å²) in [4.78, 5) is 6.30. The minimum atomic E-state index is 0.720. The normalized spacial score (nSPS) is 10.5. The number of aromatic nitrogens is 1. The Labute approximate surface area is 167 Å². The molecule has 2 aromatic carbocycles. The highest BCUT2D eigenvalue weighted by Crippen LogP contribution is 2.17. The Bertz CT molecular complexity index is 884. The fourth-order valence-electron chi connectivity index (χ4n) is 3.07. The molecular weight excluding hydrogens is 350 g/mol. The molecule has 0 bridgehead atoms. The summed E-state index contributed by atoms with van der Waals surface area (Å²) in [6, 6.07) is 19.1. The zero-order valence-electron chi connectivity index (χ0n) is 16.1. The van der Waals surface area contributed by atoms with Crippen molar-refractivity contribution in [3.8, 4) is 0 Å². The van der Waals surface area contributed by atoms with E-state index in [9.17, 15) is 0 Å². The molecule has 3 aromatic rings. The zero-order valence-corrected chi connectivity index (χ0v) is 16.9. The maximum absolute atomic E-state index is 5.77. The largest absolute Gasteiger partial charge is 0.340 e. The smallest absolute Gasteiger partial charge is 0.174 e. The predicted molar refractivity (Wildman–Crippen MR) is 117 cm³/mol. The third-order valence-corrected chi connectivity index (χ3v) is 4.74. The van der Waals surface area contributed by atoms with E-state index >= 15 is 0 Å². The molecule has 27 heavy (non-hydrogen) atoms. The van der Waals surface area contributed by atoms with Crippen LogP contribution in [0.5, 0.6) is 0 Å². The lowest BCUT2D eigenvalue weighted by molar-refractivity contribution is 0.412. The summed E-state index contributed by atoms with van der Waals surface area (Å²) in [6.07, 6.45) is 3.64. The maximum Gasteiger partial charge on any atom is 0.174 e. The molecule has 0 saturated carbocycles. The van der Waals surface area contributed by atoms with E-state index in [0.717, 1.165) is 23.9 Å². The van der Waals surface area contributed by atoms with Gasteiger partial charge in [-0.15, -0.1) is 0 Å². The van der Waals surface area contributed by atoms with Gasteiger partial charge in [0.1, 0.15) is 0 Å². The molecule has 0 aliphatic rings. The van der Waals surface area contributed by atoms with E-state index < -0.39 is 0 Å². The van der Waals surface area contributed by atoms with Crippen LogP contribution in [-0.4, -0.2) is 15.0 Å². The molecule has 1 aromatic heterocycles. The summed E-state index contributed by atoms with van der Waals surface area (Å²) in [5, 5.41) is 4.14. The molecule has 0 unspecified atom stereocenters. The van der Waals surface area contributed by atoms with Gasteiger partial charge in [-0.3, -0.25) is 4.98 Å². The molecule has 0 saturated heterocycles. The molecule has 3 nitrogen and oxygen atoms in total. The highest BCUT2D eigenvalue weighted by atomic mass is 32.1. The molecule has 1 heterocycles. The van der Waals surface area contributed by atoms with Gasteiger partial charge in [-0.2, -0.15) is 0 Å². The van der Waals surface area contributed by atoms with Gasteiger partial charge < -0.3 is 10.2 Å². The third-order valence-electron chi connectivity index (χ3n) is 4.38. The lowest BCUT2D eigenvalue weighted by Crippen LogP contribution is -2.33. The van der Waals surface area contributed by atoms with Crippen molar-refractivity contribution in [3.63, 3.8) is 0 Å². The molecular formula is C23H25N3S. The van der Waals surface area contributed by atoms with Gasteiger partial charge in [-0.05, 0) is 79.5 Å². The van der Waals surface area contributed by atoms with Gasteiger partial charge in [0.2, 0.25) is 0 Å². The first-order chi connectivity index (χ1) is 13.0. The lowest BCUT2D eigenvalue weighted by atomic mass is 10.1. The van der Waals surface area contributed by atoms with Crippen molar-refractivity contribution in [1.82, 2.24) is 9.88 Å². The molecule has 0 radical (unpaired) electrons. The van der Waals surface area contributed by atoms with Crippen LogP contribution in [0.4, 0.5) is 5.69 Å². The van der Waals surface area contributed by atoms with E-state index in [-0.39, 0.29) is 0 Å². The highest BCUT2D eigenvalue weighted by molar-refractivity contribution is 7.80. The fourth-order valence-corrected chi connectivity index (χ4v) is 3.32. The first-order valence-electron chi connectivity index (χ1n) is 9.08. The van der Waals surface area contributed by atoms with Crippen LogP contribution < -0.4 is 5.32 Å². The summed E-state index contributed by atoms with van der Waals surface area (Å²) in [7, 11) is 0. The van der Waals surface area contributed by atoms with Crippen LogP contribution in [0.2, 0.25) is 0 Å². The quantitative estimate of drug-likeness (QED) is 0.604. The van der Waals surface area contributed by atoms with E-state index in [0.29, 0.717) is 0 Å². The van der Waals surface area contributed by atoms with Crippen molar-refractivity contribution in [1.29, 1.82) is 0 Å². The van der Waals surface area contributed by atoms with Crippen LogP contribution in [0.25, 0.3) is 0 Å². The first-order valence-corrected chi connectivity index (χ1v) is 9.49. The van der Waals surface area contributed by atoms with E-state index in [1.807, 2.05) is 24.5 Å². The number of nitrogens with zero attached hydrogens (tertiary/aromatic N) is 2. The van der Waals surface area contributed by atoms with Gasteiger partial charge in [0.15, 0.2) is 5.11 Å². The highest BCUT2D eigenvalue weighted by Gasteiger charge is 2.12. The number of aryl methyl sites for hydroxylation is 3. The molecule has 0 aliphatic carbocycles. The Hall–Kier alpha value is -2.72. The fraction of sp³-hybridized carbons (Fsp3) is 0.217. The Kier molecular flexibility index (Phi) is 6.20. The van der Waals surface area contributed by atoms with Crippen molar-refractivity contribution in [2.24, 2.45) is 0 Å². The van der Waals surface area contributed by atoms with Gasteiger partial charge in [-0.1, -0.05) is 35.9 Å². The number of pyridine rings is 1. The van der Waals surface area contributed by atoms with Crippen LogP contribution in [0, 0.1) is 20.8 Å². The minimum absolute atomic E-state index is 0.720. The summed E-state index contributed by atoms with van der Waals surface area (Å²) >= 11 is 5.77. The summed E-state index contributed by atoms with van der Waals surface area (Å²) < 4.78 is 0. The Balaban J connectivity index is 1.80. The summed E-state index contributed by atoms with van der Waals surface area (Å²) in [5.74, 6) is 0. The number of hydrogen-bond acceptors (Lipinski definition) is 2. The van der Waals surface area contributed by atoms with Crippen molar-refractivity contribution >= 4 is 23.0 Å². The monoisotopic (exact) mass is 375 g/mol. The molecule has 0 spiro atoms. The summed E-state index contributed by atoms with van der Waals surface area (Å²) in [6.45, 7) is 7.78. The topological polar surface area (TPSA) is 28.2 Å². The van der Waals surface area contributed by atoms with Crippen LogP contribution in [-0.2, 0) is 13.1 Å². The molecule has 0 amide bonds. The molecule has 4 heteroatoms. The minimum Gasteiger partial charge on any atom is -0.340 e. The SMILES string of the molecule is Cc1ccc(CN(Cc2ccncc2)C(=S)Nc2cc(C)cc(C)c2)cc1. The van der Waals surface area contributed by atoms with E-state index in [1.54, 1.807) is 0 Å². The number of rotatable bonds is 5. The average molecular weight is 376 g/mol. The van der Waals surface area contributed by atoms with Crippen molar-refractivity contribution in [2.75, 3.05) is 5.32 Å². The van der Waals surface area contributed by atoms with Gasteiger partial charge in [0.05, 0.1) is 0 Å². The van der Waals surface area contributed by atoms with E-state index in [2.05, 4.69) is 78.4 Å². The maximum atomic E-state index is 5.77.